The van der Waals surface area contributed by atoms with Crippen LogP contribution in [0.4, 0.5) is 0 Å². The first-order valence-electron chi connectivity index (χ1n) is 27.3. The molecule has 0 aliphatic carbocycles. The van der Waals surface area contributed by atoms with Gasteiger partial charge in [-0.15, -0.1) is 0 Å². The molecule has 75 heavy (non-hydrogen) atoms. The average Bonchev–Trinajstić information content (AvgIpc) is 3.50. The first-order valence-corrected chi connectivity index (χ1v) is 28.9. The van der Waals surface area contributed by atoms with Crippen LogP contribution in [-0.2, 0) is 12.8 Å². The van der Waals surface area contributed by atoms with Crippen LogP contribution >= 0.6 is 23.5 Å². The number of methoxy groups -OCH3 is 2. The zero-order valence-electron chi connectivity index (χ0n) is 48.7. The predicted molar refractivity (Wildman–Crippen MR) is 330 cm³/mol. The van der Waals surface area contributed by atoms with E-state index in [1.54, 1.807) is 37.7 Å². The van der Waals surface area contributed by atoms with Gasteiger partial charge in [-0.05, 0) is 181 Å². The van der Waals surface area contributed by atoms with E-state index in [2.05, 4.69) is 97.1 Å². The molecule has 0 spiro atoms. The maximum Gasteiger partial charge on any atom is 0.127 e. The lowest BCUT2D eigenvalue weighted by molar-refractivity contribution is 0.414. The summed E-state index contributed by atoms with van der Waals surface area (Å²) < 4.78 is 28.9. The summed E-state index contributed by atoms with van der Waals surface area (Å²) in [6.45, 7) is 32.0. The molecule has 404 valence electrons. The molecule has 0 saturated heterocycles. The number of rotatable bonds is 16. The predicted octanol–water partition coefficient (Wildman–Crippen LogP) is 22.8. The van der Waals surface area contributed by atoms with Crippen molar-refractivity contribution in [1.29, 1.82) is 0 Å². The van der Waals surface area contributed by atoms with Crippen LogP contribution in [0.15, 0.2) is 214 Å². The van der Waals surface area contributed by atoms with Gasteiger partial charge in [0.05, 0.1) is 14.2 Å². The third-order valence-corrected chi connectivity index (χ3v) is 11.5. The van der Waals surface area contributed by atoms with Gasteiger partial charge in [0.25, 0.3) is 0 Å². The number of hydrogen-bond donors (Lipinski definition) is 0. The molecule has 8 rings (SSSR count). The molecule has 0 unspecified atom stereocenters. The third kappa shape index (κ3) is 26.0. The Balaban J connectivity index is 0.00000313. The quantitative estimate of drug-likeness (QED) is 0.0955. The molecule has 0 aromatic heterocycles. The summed E-state index contributed by atoms with van der Waals surface area (Å²) >= 11 is 3.40. The minimum atomic E-state index is 0.794. The zero-order valence-corrected chi connectivity index (χ0v) is 50.4. The highest BCUT2D eigenvalue weighted by atomic mass is 32.2. The van der Waals surface area contributed by atoms with Crippen LogP contribution in [0.5, 0.6) is 46.0 Å². The molecule has 0 aliphatic rings. The van der Waals surface area contributed by atoms with E-state index in [9.17, 15) is 0 Å². The van der Waals surface area contributed by atoms with E-state index in [1.165, 1.54) is 22.3 Å². The SMILES string of the molecule is CC.CC.CC.CC.CC.CC.CC.CC.COc1ccc(Cc2ccc(Oc3ccc(Sc4ccc(Oc5ccc(Cc6ccc(Oc7ccc(Sc8ccc(OC)cc8)cc7)cc6)cc5)cc4)cc3)cc2)cc1. The van der Waals surface area contributed by atoms with Crippen LogP contribution < -0.4 is 23.7 Å². The topological polar surface area (TPSA) is 46.2 Å². The molecule has 8 aromatic carbocycles. The van der Waals surface area contributed by atoms with Crippen LogP contribution in [0.25, 0.3) is 0 Å². The van der Waals surface area contributed by atoms with Crippen LogP contribution in [0, 0.1) is 0 Å². The Labute approximate surface area is 464 Å². The highest BCUT2D eigenvalue weighted by Gasteiger charge is 2.06. The van der Waals surface area contributed by atoms with Crippen molar-refractivity contribution in [1.82, 2.24) is 0 Å². The summed E-state index contributed by atoms with van der Waals surface area (Å²) in [7, 11) is 3.36. The average molecular weight is 1050 g/mol. The van der Waals surface area contributed by atoms with Crippen molar-refractivity contribution >= 4 is 23.5 Å². The van der Waals surface area contributed by atoms with Crippen molar-refractivity contribution in [2.75, 3.05) is 14.2 Å². The molecule has 0 fully saturated rings. The fourth-order valence-electron chi connectivity index (χ4n) is 6.29. The van der Waals surface area contributed by atoms with Gasteiger partial charge in [0.1, 0.15) is 46.0 Å². The molecule has 7 heteroatoms. The van der Waals surface area contributed by atoms with Crippen LogP contribution in [-0.4, -0.2) is 14.2 Å². The normalized spacial score (nSPS) is 9.15. The lowest BCUT2D eigenvalue weighted by Gasteiger charge is -2.10. The van der Waals surface area contributed by atoms with Crippen molar-refractivity contribution < 1.29 is 23.7 Å². The Morgan fingerprint density at radius 2 is 0.360 bits per heavy atom. The van der Waals surface area contributed by atoms with Crippen LogP contribution in [0.3, 0.4) is 0 Å². The highest BCUT2D eigenvalue weighted by Crippen LogP contribution is 2.34. The third-order valence-electron chi connectivity index (χ3n) is 9.45. The van der Waals surface area contributed by atoms with Crippen LogP contribution in [0.1, 0.15) is 133 Å². The molecule has 0 saturated carbocycles. The Morgan fingerprint density at radius 1 is 0.213 bits per heavy atom. The summed E-state index contributed by atoms with van der Waals surface area (Å²) in [5.41, 5.74) is 4.88. The molecule has 0 heterocycles. The Hall–Kier alpha value is -6.54. The van der Waals surface area contributed by atoms with Gasteiger partial charge in [-0.1, -0.05) is 183 Å². The van der Waals surface area contributed by atoms with Crippen molar-refractivity contribution in [3.8, 4) is 46.0 Å². The summed E-state index contributed by atoms with van der Waals surface area (Å²) in [5, 5.41) is 0. The maximum absolute atomic E-state index is 6.17. The maximum atomic E-state index is 6.17. The molecular formula is C68H90O5S2. The second-order valence-corrected chi connectivity index (χ2v) is 16.0. The van der Waals surface area contributed by atoms with Crippen molar-refractivity contribution in [2.45, 2.75) is 143 Å². The molecule has 0 bridgehead atoms. The molecule has 5 nitrogen and oxygen atoms in total. The molecule has 0 N–H and O–H groups in total. The molecule has 0 atom stereocenters. The second kappa shape index (κ2) is 43.8. The summed E-state index contributed by atoms with van der Waals surface area (Å²) in [4.78, 5) is 4.56. The van der Waals surface area contributed by atoms with E-state index in [0.29, 0.717) is 0 Å². The minimum Gasteiger partial charge on any atom is -0.497 e. The fourth-order valence-corrected chi connectivity index (χ4v) is 7.93. The Kier molecular flexibility index (Phi) is 40.0. The fraction of sp³-hybridized carbons (Fsp3) is 0.294. The zero-order chi connectivity index (χ0) is 56.2. The van der Waals surface area contributed by atoms with Gasteiger partial charge in [0.2, 0.25) is 0 Å². The largest absolute Gasteiger partial charge is 0.497 e. The van der Waals surface area contributed by atoms with Crippen molar-refractivity contribution in [2.24, 2.45) is 0 Å². The summed E-state index contributed by atoms with van der Waals surface area (Å²) in [6, 6.07) is 65.5. The van der Waals surface area contributed by atoms with E-state index < -0.39 is 0 Å². The van der Waals surface area contributed by atoms with Gasteiger partial charge in [0.15, 0.2) is 0 Å². The molecule has 0 amide bonds. The minimum absolute atomic E-state index is 0.794. The lowest BCUT2D eigenvalue weighted by Crippen LogP contribution is -1.90. The van der Waals surface area contributed by atoms with E-state index >= 15 is 0 Å². The molecule has 0 aliphatic heterocycles. The number of ether oxygens (including phenoxy) is 5. The van der Waals surface area contributed by atoms with Gasteiger partial charge < -0.3 is 23.7 Å². The van der Waals surface area contributed by atoms with Gasteiger partial charge in [-0.25, -0.2) is 0 Å². The summed E-state index contributed by atoms with van der Waals surface area (Å²) in [5.74, 6) is 6.53. The Bertz CT molecular complexity index is 2340. The lowest BCUT2D eigenvalue weighted by atomic mass is 10.0. The molecule has 0 radical (unpaired) electrons. The van der Waals surface area contributed by atoms with E-state index in [1.807, 2.05) is 208 Å². The first kappa shape index (κ1) is 68.5. The number of benzene rings is 8. The summed E-state index contributed by atoms with van der Waals surface area (Å²) in [6.07, 6.45) is 1.67. The number of hydrogen-bond acceptors (Lipinski definition) is 7. The van der Waals surface area contributed by atoms with E-state index in [4.69, 9.17) is 23.7 Å². The van der Waals surface area contributed by atoms with Gasteiger partial charge >= 0.3 is 0 Å². The van der Waals surface area contributed by atoms with E-state index in [-0.39, 0.29) is 0 Å². The standard InChI is InChI=1S/C52H42O5S2.8C2H6/c1-53-41-11-3-37(4-12-41)35-38-5-13-43(14-6-38)55-47-23-31-51(32-24-47)59-52-33-25-48(26-34-52)57-45-17-9-40(10-18-45)36-39-7-15-44(16-8-39)56-46-21-29-50(30-22-46)58-49-27-19-42(54-2)20-28-49;8*1-2/h3-34H,35-36H2,1-2H3;8*1-2H3. The van der Waals surface area contributed by atoms with Crippen molar-refractivity contribution in [3.63, 3.8) is 0 Å². The van der Waals surface area contributed by atoms with Gasteiger partial charge in [0, 0.05) is 19.6 Å². The van der Waals surface area contributed by atoms with Crippen molar-refractivity contribution in [3.05, 3.63) is 216 Å². The second-order valence-electron chi connectivity index (χ2n) is 13.7. The van der Waals surface area contributed by atoms with Gasteiger partial charge in [-0.3, -0.25) is 0 Å². The van der Waals surface area contributed by atoms with Gasteiger partial charge in [-0.2, -0.15) is 0 Å². The smallest absolute Gasteiger partial charge is 0.127 e. The molecular weight excluding hydrogens is 961 g/mol. The highest BCUT2D eigenvalue weighted by molar-refractivity contribution is 7.99. The van der Waals surface area contributed by atoms with E-state index in [0.717, 1.165) is 78.4 Å². The first-order chi connectivity index (χ1) is 37.0. The monoisotopic (exact) mass is 1050 g/mol. The van der Waals surface area contributed by atoms with Crippen LogP contribution in [0.2, 0.25) is 0 Å². The Morgan fingerprint density at radius 3 is 0.533 bits per heavy atom. The molecule has 8 aromatic rings.